The molecule has 0 spiro atoms. The molecule has 386 valence electrons. The van der Waals surface area contributed by atoms with Crippen LogP contribution in [0.3, 0.4) is 0 Å². The van der Waals surface area contributed by atoms with E-state index in [1.165, 1.54) is 138 Å². The number of amides is 4. The summed E-state index contributed by atoms with van der Waals surface area (Å²) in [7, 11) is 0. The van der Waals surface area contributed by atoms with Crippen LogP contribution in [0, 0.1) is 0 Å². The summed E-state index contributed by atoms with van der Waals surface area (Å²) in [6, 6.07) is 14.4. The maximum atomic E-state index is 13.1. The van der Waals surface area contributed by atoms with Crippen molar-refractivity contribution < 1.29 is 19.2 Å². The van der Waals surface area contributed by atoms with Crippen LogP contribution in [0.25, 0.3) is 0 Å². The van der Waals surface area contributed by atoms with Gasteiger partial charge in [-0.05, 0) is 166 Å². The van der Waals surface area contributed by atoms with Gasteiger partial charge in [0.2, 0.25) is 0 Å². The first-order valence-corrected chi connectivity index (χ1v) is 28.4. The monoisotopic (exact) mass is 959 g/mol. The molecule has 0 saturated heterocycles. The molecule has 0 N–H and O–H groups in total. The molecule has 2 aliphatic heterocycles. The SMILES string of the molecule is CCCCC/C=C\C/C=C\CCCCCCCCN(CCCCN(CCCCCCCC/C=C\C/C=C\CCCCC)CCCN1C(=O)c2ccccc2C1=O)CCCN1C(=O)c2ccccc2C1=O. The smallest absolute Gasteiger partial charge is 0.261 e. The summed E-state index contributed by atoms with van der Waals surface area (Å²) >= 11 is 0. The van der Waals surface area contributed by atoms with Gasteiger partial charge in [0, 0.05) is 13.1 Å². The van der Waals surface area contributed by atoms with Crippen molar-refractivity contribution in [1.29, 1.82) is 0 Å². The molecule has 0 bridgehead atoms. The number of imide groups is 2. The van der Waals surface area contributed by atoms with E-state index in [0.29, 0.717) is 35.3 Å². The van der Waals surface area contributed by atoms with Crippen LogP contribution in [0.15, 0.2) is 97.1 Å². The minimum atomic E-state index is -0.166. The summed E-state index contributed by atoms with van der Waals surface area (Å²) in [5, 5.41) is 0. The van der Waals surface area contributed by atoms with Gasteiger partial charge in [-0.25, -0.2) is 0 Å². The standard InChI is InChI=1S/C62H94N4O4/c1-3-5-7-9-11-13-15-17-19-21-23-25-27-29-31-37-47-63(51-41-53-65-59(67)55-43-33-34-44-56(55)60(65)68)49-39-40-50-64(52-42-54-66-61(69)57-45-35-36-46-58(57)62(66)70)48-38-32-30-28-26-24-22-20-18-16-14-12-10-8-6-4-2/h11-14,17-20,33-36,43-46H,3-10,15-16,21-32,37-42,47-54H2,1-2H3/b13-11-,14-12-,19-17-,20-18-. The predicted octanol–water partition coefficient (Wildman–Crippen LogP) is 15.4. The van der Waals surface area contributed by atoms with Crippen LogP contribution in [-0.2, 0) is 0 Å². The number of hydrogen-bond donors (Lipinski definition) is 0. The molecule has 2 aromatic carbocycles. The van der Waals surface area contributed by atoms with Gasteiger partial charge in [0.1, 0.15) is 0 Å². The molecule has 4 rings (SSSR count). The minimum Gasteiger partial charge on any atom is -0.303 e. The van der Waals surface area contributed by atoms with Gasteiger partial charge in [-0.15, -0.1) is 0 Å². The van der Waals surface area contributed by atoms with E-state index in [9.17, 15) is 19.2 Å². The van der Waals surface area contributed by atoms with Gasteiger partial charge >= 0.3 is 0 Å². The van der Waals surface area contributed by atoms with Crippen LogP contribution in [0.2, 0.25) is 0 Å². The Morgan fingerprint density at radius 1 is 0.329 bits per heavy atom. The van der Waals surface area contributed by atoms with Crippen molar-refractivity contribution in [3.63, 3.8) is 0 Å². The summed E-state index contributed by atoms with van der Waals surface area (Å²) < 4.78 is 0. The van der Waals surface area contributed by atoms with Crippen molar-refractivity contribution in [3.8, 4) is 0 Å². The Bertz CT molecular complexity index is 1690. The maximum Gasteiger partial charge on any atom is 0.261 e. The quantitative estimate of drug-likeness (QED) is 0.0374. The van der Waals surface area contributed by atoms with Gasteiger partial charge in [0.15, 0.2) is 0 Å². The van der Waals surface area contributed by atoms with Crippen molar-refractivity contribution in [2.45, 2.75) is 194 Å². The van der Waals surface area contributed by atoms with Crippen LogP contribution in [0.1, 0.15) is 235 Å². The van der Waals surface area contributed by atoms with Crippen molar-refractivity contribution in [1.82, 2.24) is 19.6 Å². The van der Waals surface area contributed by atoms with E-state index in [1.807, 2.05) is 24.3 Å². The predicted molar refractivity (Wildman–Crippen MR) is 294 cm³/mol. The van der Waals surface area contributed by atoms with Crippen LogP contribution in [0.4, 0.5) is 0 Å². The molecule has 8 nitrogen and oxygen atoms in total. The first kappa shape index (κ1) is 58.2. The molecule has 70 heavy (non-hydrogen) atoms. The number of carbonyl (C=O) groups excluding carboxylic acids is 4. The fourth-order valence-corrected chi connectivity index (χ4v) is 9.78. The second-order valence-corrected chi connectivity index (χ2v) is 19.9. The highest BCUT2D eigenvalue weighted by atomic mass is 16.2. The molecule has 0 radical (unpaired) electrons. The Labute approximate surface area is 426 Å². The van der Waals surface area contributed by atoms with Crippen molar-refractivity contribution in [2.24, 2.45) is 0 Å². The summed E-state index contributed by atoms with van der Waals surface area (Å²) in [4.78, 5) is 60.4. The Morgan fingerprint density at radius 2 is 0.586 bits per heavy atom. The number of benzene rings is 2. The van der Waals surface area contributed by atoms with Crippen LogP contribution >= 0.6 is 0 Å². The van der Waals surface area contributed by atoms with Gasteiger partial charge in [0.05, 0.1) is 22.3 Å². The molecule has 0 fully saturated rings. The van der Waals surface area contributed by atoms with Gasteiger partial charge in [-0.1, -0.05) is 164 Å². The van der Waals surface area contributed by atoms with E-state index in [1.54, 1.807) is 24.3 Å². The molecule has 4 amide bonds. The lowest BCUT2D eigenvalue weighted by Gasteiger charge is -2.26. The zero-order valence-corrected chi connectivity index (χ0v) is 44.1. The molecule has 2 aliphatic rings. The lowest BCUT2D eigenvalue weighted by Crippen LogP contribution is -2.35. The molecule has 0 aliphatic carbocycles. The minimum absolute atomic E-state index is 0.166. The first-order valence-electron chi connectivity index (χ1n) is 28.4. The van der Waals surface area contributed by atoms with Crippen LogP contribution in [0.5, 0.6) is 0 Å². The van der Waals surface area contributed by atoms with E-state index < -0.39 is 0 Å². The van der Waals surface area contributed by atoms with Crippen LogP contribution < -0.4 is 0 Å². The zero-order chi connectivity index (χ0) is 49.7. The highest BCUT2D eigenvalue weighted by molar-refractivity contribution is 6.22. The summed E-state index contributed by atoms with van der Waals surface area (Å²) in [6.45, 7) is 11.2. The number of hydrogen-bond acceptors (Lipinski definition) is 6. The van der Waals surface area contributed by atoms with E-state index in [2.05, 4.69) is 72.3 Å². The highest BCUT2D eigenvalue weighted by Gasteiger charge is 2.35. The second kappa shape index (κ2) is 37.4. The third-order valence-corrected chi connectivity index (χ3v) is 14.0. The fourth-order valence-electron chi connectivity index (χ4n) is 9.78. The third kappa shape index (κ3) is 22.8. The number of rotatable bonds is 43. The lowest BCUT2D eigenvalue weighted by atomic mass is 10.1. The molecule has 0 saturated carbocycles. The average Bonchev–Trinajstić information content (AvgIpc) is 3.76. The largest absolute Gasteiger partial charge is 0.303 e. The van der Waals surface area contributed by atoms with E-state index in [-0.39, 0.29) is 23.6 Å². The Morgan fingerprint density at radius 3 is 0.900 bits per heavy atom. The van der Waals surface area contributed by atoms with Crippen molar-refractivity contribution >= 4 is 23.6 Å². The van der Waals surface area contributed by atoms with Crippen LogP contribution in [-0.4, -0.2) is 95.6 Å². The average molecular weight is 959 g/mol. The summed E-state index contributed by atoms with van der Waals surface area (Å²) in [5.74, 6) is -0.666. The van der Waals surface area contributed by atoms with Gasteiger partial charge < -0.3 is 9.80 Å². The van der Waals surface area contributed by atoms with Crippen molar-refractivity contribution in [3.05, 3.63) is 119 Å². The molecule has 0 atom stereocenters. The van der Waals surface area contributed by atoms with Gasteiger partial charge in [-0.2, -0.15) is 0 Å². The molecule has 2 heterocycles. The normalized spacial score (nSPS) is 14.0. The van der Waals surface area contributed by atoms with E-state index in [4.69, 9.17) is 0 Å². The zero-order valence-electron chi connectivity index (χ0n) is 44.1. The first-order chi connectivity index (χ1) is 34.5. The summed E-state index contributed by atoms with van der Waals surface area (Å²) in [6.07, 6.45) is 51.9. The topological polar surface area (TPSA) is 81.2 Å². The van der Waals surface area contributed by atoms with Crippen molar-refractivity contribution in [2.75, 3.05) is 52.4 Å². The molecule has 0 aromatic heterocycles. The number of carbonyl (C=O) groups is 4. The Balaban J connectivity index is 1.19. The number of unbranched alkanes of at least 4 members (excludes halogenated alkanes) is 19. The summed E-state index contributed by atoms with van der Waals surface area (Å²) in [5.41, 5.74) is 2.09. The molecule has 0 unspecified atom stereocenters. The van der Waals surface area contributed by atoms with Gasteiger partial charge in [-0.3, -0.25) is 29.0 Å². The second-order valence-electron chi connectivity index (χ2n) is 19.9. The lowest BCUT2D eigenvalue weighted by molar-refractivity contribution is 0.0630. The Kier molecular flexibility index (Phi) is 31.1. The molecule has 2 aromatic rings. The number of fused-ring (bicyclic) bond motifs is 2. The molecular formula is C62H94N4O4. The van der Waals surface area contributed by atoms with E-state index in [0.717, 1.165) is 90.6 Å². The molecular weight excluding hydrogens is 865 g/mol. The number of nitrogens with zero attached hydrogens (tertiary/aromatic N) is 4. The number of allylic oxidation sites excluding steroid dienone is 8. The fraction of sp³-hybridized carbons (Fsp3) is 0.613. The van der Waals surface area contributed by atoms with Gasteiger partial charge in [0.25, 0.3) is 23.6 Å². The maximum absolute atomic E-state index is 13.1. The highest BCUT2D eigenvalue weighted by Crippen LogP contribution is 2.24. The third-order valence-electron chi connectivity index (χ3n) is 14.0. The molecule has 8 heteroatoms. The Hall–Kier alpha value is -4.40. The van der Waals surface area contributed by atoms with E-state index >= 15 is 0 Å².